The fraction of sp³-hybridized carbons (Fsp3) is 0.680. The van der Waals surface area contributed by atoms with Crippen LogP contribution < -0.4 is 5.56 Å². The first-order valence-electron chi connectivity index (χ1n) is 12.1. The Hall–Kier alpha value is -1.39. The fourth-order valence-corrected chi connectivity index (χ4v) is 7.81. The summed E-state index contributed by atoms with van der Waals surface area (Å²) < 4.78 is 1.99. The Balaban J connectivity index is 1.32. The van der Waals surface area contributed by atoms with Gasteiger partial charge >= 0.3 is 0 Å². The van der Waals surface area contributed by atoms with E-state index in [0.717, 1.165) is 41.8 Å². The molecule has 5 heteroatoms. The molecule has 2 aromatic rings. The molecule has 2 aliphatic heterocycles. The zero-order valence-corrected chi connectivity index (χ0v) is 18.4. The van der Waals surface area contributed by atoms with E-state index >= 15 is 0 Å². The standard InChI is InChI=1S/C25H32ClN3O/c26-24-25(30)29(23-10-2-1-9-22(23)27-24)21-14-18-7-4-8-19(15-21)28(18)20-12-16-5-3-6-17(11-16)13-20/h1-2,9-10,16-21H,3-8,11-15H2/t16-,17+,18-,19+,20+,21+. The van der Waals surface area contributed by atoms with Crippen molar-refractivity contribution in [3.8, 4) is 0 Å². The Kier molecular flexibility index (Phi) is 4.91. The van der Waals surface area contributed by atoms with Crippen molar-refractivity contribution in [2.45, 2.75) is 94.8 Å². The predicted molar refractivity (Wildman–Crippen MR) is 121 cm³/mol. The van der Waals surface area contributed by atoms with Crippen LogP contribution in [0.5, 0.6) is 0 Å². The number of rotatable bonds is 2. The summed E-state index contributed by atoms with van der Waals surface area (Å²) in [5, 5.41) is 0.112. The van der Waals surface area contributed by atoms with Crippen molar-refractivity contribution < 1.29 is 0 Å². The number of piperidine rings is 2. The van der Waals surface area contributed by atoms with Crippen molar-refractivity contribution in [1.82, 2.24) is 14.5 Å². The zero-order valence-electron chi connectivity index (χ0n) is 17.7. The molecular formula is C25H32ClN3O. The molecule has 30 heavy (non-hydrogen) atoms. The maximum Gasteiger partial charge on any atom is 0.288 e. The highest BCUT2D eigenvalue weighted by molar-refractivity contribution is 6.29. The van der Waals surface area contributed by atoms with E-state index in [1.165, 1.54) is 57.8 Å². The van der Waals surface area contributed by atoms with Crippen LogP contribution >= 0.6 is 11.6 Å². The van der Waals surface area contributed by atoms with Crippen LogP contribution in [-0.4, -0.2) is 32.6 Å². The molecule has 4 nitrogen and oxygen atoms in total. The van der Waals surface area contributed by atoms with Crippen molar-refractivity contribution in [1.29, 1.82) is 0 Å². The Morgan fingerprint density at radius 1 is 0.800 bits per heavy atom. The Bertz CT molecular complexity index is 978. The summed E-state index contributed by atoms with van der Waals surface area (Å²) >= 11 is 6.28. The molecule has 1 aromatic heterocycles. The summed E-state index contributed by atoms with van der Waals surface area (Å²) in [7, 11) is 0. The monoisotopic (exact) mass is 425 g/mol. The molecular weight excluding hydrogens is 394 g/mol. The van der Waals surface area contributed by atoms with Crippen LogP contribution in [0.2, 0.25) is 5.15 Å². The minimum absolute atomic E-state index is 0.112. The fourth-order valence-electron chi connectivity index (χ4n) is 7.62. The number of nitrogens with zero attached hydrogens (tertiary/aromatic N) is 3. The van der Waals surface area contributed by atoms with Gasteiger partial charge in [-0.1, -0.05) is 49.4 Å². The largest absolute Gasteiger partial charge is 0.301 e. The van der Waals surface area contributed by atoms with E-state index in [9.17, 15) is 4.79 Å². The summed E-state index contributed by atoms with van der Waals surface area (Å²) in [6.45, 7) is 0. The number of hydrogen-bond acceptors (Lipinski definition) is 3. The molecule has 0 N–H and O–H groups in total. The van der Waals surface area contributed by atoms with E-state index < -0.39 is 0 Å². The van der Waals surface area contributed by atoms with Gasteiger partial charge in [0.05, 0.1) is 11.0 Å². The van der Waals surface area contributed by atoms with Crippen molar-refractivity contribution >= 4 is 22.6 Å². The lowest BCUT2D eigenvalue weighted by molar-refractivity contribution is -0.0485. The maximum absolute atomic E-state index is 13.1. The maximum atomic E-state index is 13.1. The van der Waals surface area contributed by atoms with Gasteiger partial charge in [-0.25, -0.2) is 4.98 Å². The van der Waals surface area contributed by atoms with Gasteiger partial charge in [0.15, 0.2) is 5.15 Å². The number of para-hydroxylation sites is 2. The second kappa shape index (κ2) is 7.63. The quantitative estimate of drug-likeness (QED) is 0.630. The first-order valence-corrected chi connectivity index (χ1v) is 12.5. The minimum Gasteiger partial charge on any atom is -0.301 e. The molecule has 160 valence electrons. The van der Waals surface area contributed by atoms with Gasteiger partial charge in [0.1, 0.15) is 0 Å². The molecule has 4 aliphatic rings. The SMILES string of the molecule is O=c1c(Cl)nc2ccccc2n1[C@H]1C[C@H]2CCC[C@@H](C1)N2[C@H]1C[C@@H]2CCC[C@@H](C2)C1. The summed E-state index contributed by atoms with van der Waals surface area (Å²) in [6.07, 6.45) is 14.7. The van der Waals surface area contributed by atoms with E-state index in [-0.39, 0.29) is 16.8 Å². The lowest BCUT2D eigenvalue weighted by atomic mass is 9.68. The van der Waals surface area contributed by atoms with E-state index in [2.05, 4.69) is 9.88 Å². The van der Waals surface area contributed by atoms with Crippen LogP contribution in [0.25, 0.3) is 11.0 Å². The van der Waals surface area contributed by atoms with Crippen molar-refractivity contribution in [3.63, 3.8) is 0 Å². The third-order valence-electron chi connectivity index (χ3n) is 8.65. The molecule has 0 spiro atoms. The van der Waals surface area contributed by atoms with E-state index in [1.54, 1.807) is 0 Å². The van der Waals surface area contributed by atoms with Crippen LogP contribution in [0.15, 0.2) is 29.1 Å². The van der Waals surface area contributed by atoms with Gasteiger partial charge in [-0.05, 0) is 68.9 Å². The van der Waals surface area contributed by atoms with E-state index in [4.69, 9.17) is 11.6 Å². The molecule has 6 atom stereocenters. The van der Waals surface area contributed by atoms with Crippen molar-refractivity contribution in [2.24, 2.45) is 11.8 Å². The number of fused-ring (bicyclic) bond motifs is 5. The van der Waals surface area contributed by atoms with Crippen LogP contribution in [0.1, 0.15) is 76.7 Å². The van der Waals surface area contributed by atoms with Gasteiger partial charge in [0.25, 0.3) is 5.56 Å². The normalized spacial score (nSPS) is 36.7. The first-order chi connectivity index (χ1) is 14.7. The van der Waals surface area contributed by atoms with Crippen LogP contribution in [-0.2, 0) is 0 Å². The molecule has 2 aliphatic carbocycles. The van der Waals surface area contributed by atoms with Gasteiger partial charge in [-0.15, -0.1) is 0 Å². The minimum atomic E-state index is -0.112. The average molecular weight is 426 g/mol. The summed E-state index contributed by atoms with van der Waals surface area (Å²) in [6, 6.07) is 10.2. The molecule has 0 amide bonds. The number of halogens is 1. The van der Waals surface area contributed by atoms with Crippen LogP contribution in [0, 0.1) is 11.8 Å². The first kappa shape index (κ1) is 19.3. The Morgan fingerprint density at radius 3 is 2.20 bits per heavy atom. The zero-order chi connectivity index (χ0) is 20.2. The molecule has 1 aromatic carbocycles. The lowest BCUT2D eigenvalue weighted by Gasteiger charge is -2.55. The highest BCUT2D eigenvalue weighted by Crippen LogP contribution is 2.47. The number of aromatic nitrogens is 2. The van der Waals surface area contributed by atoms with Gasteiger partial charge in [-0.3, -0.25) is 9.69 Å². The molecule has 6 rings (SSSR count). The second-order valence-electron chi connectivity index (χ2n) is 10.4. The smallest absolute Gasteiger partial charge is 0.288 e. The second-order valence-corrected chi connectivity index (χ2v) is 10.8. The van der Waals surface area contributed by atoms with Crippen molar-refractivity contribution in [3.05, 3.63) is 39.8 Å². The molecule has 4 fully saturated rings. The summed E-state index contributed by atoms with van der Waals surface area (Å²) in [5.74, 6) is 1.93. The van der Waals surface area contributed by atoms with Gasteiger partial charge in [0, 0.05) is 24.2 Å². The highest BCUT2D eigenvalue weighted by atomic mass is 35.5. The summed E-state index contributed by atoms with van der Waals surface area (Å²) in [5.41, 5.74) is 1.66. The Labute approximate surface area is 183 Å². The van der Waals surface area contributed by atoms with Crippen LogP contribution in [0.4, 0.5) is 0 Å². The average Bonchev–Trinajstić information content (AvgIpc) is 2.73. The van der Waals surface area contributed by atoms with Crippen LogP contribution in [0.3, 0.4) is 0 Å². The molecule has 2 saturated carbocycles. The summed E-state index contributed by atoms with van der Waals surface area (Å²) in [4.78, 5) is 20.4. The van der Waals surface area contributed by atoms with E-state index in [0.29, 0.717) is 12.1 Å². The highest BCUT2D eigenvalue weighted by Gasteiger charge is 2.45. The predicted octanol–water partition coefficient (Wildman–Crippen LogP) is 5.58. The number of hydrogen-bond donors (Lipinski definition) is 0. The Morgan fingerprint density at radius 2 is 1.47 bits per heavy atom. The third kappa shape index (κ3) is 3.22. The van der Waals surface area contributed by atoms with Gasteiger partial charge in [-0.2, -0.15) is 0 Å². The number of benzene rings is 1. The molecule has 0 radical (unpaired) electrons. The van der Waals surface area contributed by atoms with Crippen molar-refractivity contribution in [2.75, 3.05) is 0 Å². The van der Waals surface area contributed by atoms with Gasteiger partial charge in [0.2, 0.25) is 0 Å². The van der Waals surface area contributed by atoms with Gasteiger partial charge < -0.3 is 4.57 Å². The lowest BCUT2D eigenvalue weighted by Crippen LogP contribution is -2.58. The molecule has 3 heterocycles. The molecule has 4 bridgehead atoms. The molecule has 2 saturated heterocycles. The van der Waals surface area contributed by atoms with E-state index in [1.807, 2.05) is 28.8 Å². The molecule has 0 unspecified atom stereocenters. The topological polar surface area (TPSA) is 38.1 Å². The third-order valence-corrected chi connectivity index (χ3v) is 8.90.